The summed E-state index contributed by atoms with van der Waals surface area (Å²) in [6.07, 6.45) is 13.7. The number of carboxylic acid groups (broad SMARTS) is 1. The van der Waals surface area contributed by atoms with Crippen LogP contribution in [-0.2, 0) is 19.1 Å². The highest BCUT2D eigenvalue weighted by Crippen LogP contribution is 2.66. The number of carbonyl (C=O) groups excluding carboxylic acids is 2. The second-order valence-electron chi connectivity index (χ2n) is 11.9. The minimum Gasteiger partial charge on any atom is -0.481 e. The van der Waals surface area contributed by atoms with Gasteiger partial charge >= 0.3 is 11.9 Å². The summed E-state index contributed by atoms with van der Waals surface area (Å²) < 4.78 is 5.84. The van der Waals surface area contributed by atoms with Crippen molar-refractivity contribution < 1.29 is 24.2 Å². The number of aliphatic carboxylic acids is 1. The number of carbonyl (C=O) groups is 3. The minimum atomic E-state index is -0.778. The Balaban J connectivity index is 1.34. The molecule has 3 saturated carbocycles. The zero-order valence-corrected chi connectivity index (χ0v) is 20.7. The van der Waals surface area contributed by atoms with Gasteiger partial charge in [0.25, 0.3) is 0 Å². The predicted octanol–water partition coefficient (Wildman–Crippen LogP) is 6.10. The number of hydrogen-bond donors (Lipinski definition) is 1. The van der Waals surface area contributed by atoms with Crippen molar-refractivity contribution >= 4 is 17.7 Å². The van der Waals surface area contributed by atoms with E-state index in [4.69, 9.17) is 9.84 Å². The summed E-state index contributed by atoms with van der Waals surface area (Å²) in [5.74, 6) is 1.76. The summed E-state index contributed by atoms with van der Waals surface area (Å²) in [7, 11) is 0. The van der Waals surface area contributed by atoms with Crippen molar-refractivity contribution in [3.05, 3.63) is 11.6 Å². The van der Waals surface area contributed by atoms with Gasteiger partial charge in [0.2, 0.25) is 0 Å². The molecule has 7 atom stereocenters. The van der Waals surface area contributed by atoms with Gasteiger partial charge in [0.15, 0.2) is 0 Å². The quantitative estimate of drug-likeness (QED) is 0.270. The lowest BCUT2D eigenvalue weighted by Gasteiger charge is -2.58. The molecule has 0 heterocycles. The lowest BCUT2D eigenvalue weighted by Crippen LogP contribution is -2.51. The van der Waals surface area contributed by atoms with E-state index in [0.29, 0.717) is 42.8 Å². The predicted molar refractivity (Wildman–Crippen MR) is 126 cm³/mol. The Morgan fingerprint density at radius 1 is 1.00 bits per heavy atom. The Hall–Kier alpha value is -1.65. The maximum Gasteiger partial charge on any atom is 0.306 e. The van der Waals surface area contributed by atoms with E-state index in [1.807, 2.05) is 0 Å². The van der Waals surface area contributed by atoms with Gasteiger partial charge in [0, 0.05) is 25.2 Å². The third-order valence-electron chi connectivity index (χ3n) is 10.1. The molecule has 5 heteroatoms. The van der Waals surface area contributed by atoms with E-state index in [0.717, 1.165) is 38.5 Å². The molecule has 0 radical (unpaired) electrons. The van der Waals surface area contributed by atoms with E-state index in [-0.39, 0.29) is 35.2 Å². The molecule has 33 heavy (non-hydrogen) atoms. The summed E-state index contributed by atoms with van der Waals surface area (Å²) in [5, 5.41) is 8.71. The van der Waals surface area contributed by atoms with Crippen LogP contribution in [0.1, 0.15) is 104 Å². The van der Waals surface area contributed by atoms with Crippen LogP contribution in [0.3, 0.4) is 0 Å². The average Bonchev–Trinajstić information content (AvgIpc) is 3.11. The first-order valence-electron chi connectivity index (χ1n) is 13.3. The summed E-state index contributed by atoms with van der Waals surface area (Å²) >= 11 is 0. The third-order valence-corrected chi connectivity index (χ3v) is 10.1. The first-order valence-corrected chi connectivity index (χ1v) is 13.3. The van der Waals surface area contributed by atoms with E-state index in [1.54, 1.807) is 6.92 Å². The van der Waals surface area contributed by atoms with Crippen LogP contribution in [0.2, 0.25) is 0 Å². The van der Waals surface area contributed by atoms with Crippen LogP contribution in [0.25, 0.3) is 0 Å². The molecule has 0 saturated heterocycles. The second kappa shape index (κ2) is 9.54. The number of carboxylic acids is 1. The van der Waals surface area contributed by atoms with Crippen molar-refractivity contribution in [3.8, 4) is 0 Å². The fourth-order valence-electron chi connectivity index (χ4n) is 8.36. The number of esters is 1. The van der Waals surface area contributed by atoms with Gasteiger partial charge in [-0.05, 0) is 93.3 Å². The molecule has 0 aromatic carbocycles. The lowest BCUT2D eigenvalue weighted by atomic mass is 9.47. The summed E-state index contributed by atoms with van der Waals surface area (Å²) in [5.41, 5.74) is 1.89. The van der Waals surface area contributed by atoms with Crippen LogP contribution in [-0.4, -0.2) is 28.9 Å². The molecule has 0 aromatic rings. The number of unbranched alkanes of at least 4 members (excludes halogenated alkanes) is 2. The summed E-state index contributed by atoms with van der Waals surface area (Å²) in [6, 6.07) is 0. The van der Waals surface area contributed by atoms with Gasteiger partial charge in [-0.15, -0.1) is 0 Å². The fourth-order valence-corrected chi connectivity index (χ4v) is 8.36. The molecular weight excluding hydrogens is 416 g/mol. The van der Waals surface area contributed by atoms with Crippen molar-refractivity contribution in [2.75, 3.05) is 0 Å². The number of rotatable bonds is 8. The Bertz CT molecular complexity index is 815. The summed E-state index contributed by atoms with van der Waals surface area (Å²) in [4.78, 5) is 35.3. The Morgan fingerprint density at radius 2 is 1.76 bits per heavy atom. The van der Waals surface area contributed by atoms with Crippen LogP contribution in [0.15, 0.2) is 11.6 Å². The molecule has 5 nitrogen and oxygen atoms in total. The molecule has 1 N–H and O–H groups in total. The number of fused-ring (bicyclic) bond motifs is 5. The molecule has 4 aliphatic carbocycles. The number of ether oxygens (including phenoxy) is 1. The molecule has 4 rings (SSSR count). The van der Waals surface area contributed by atoms with Gasteiger partial charge < -0.3 is 9.84 Å². The van der Waals surface area contributed by atoms with Crippen LogP contribution >= 0.6 is 0 Å². The SMILES string of the molecule is CC(=O)[C@H]1CC[C@H]2[C@@H]3CC=C4C[C@@H](OC(=O)CCCCCC(=O)O)CC[C@]4(C)[C@H]3CC[C@]12C. The smallest absolute Gasteiger partial charge is 0.306 e. The van der Waals surface area contributed by atoms with E-state index >= 15 is 0 Å². The molecule has 0 unspecified atom stereocenters. The summed E-state index contributed by atoms with van der Waals surface area (Å²) in [6.45, 7) is 6.64. The number of hydrogen-bond acceptors (Lipinski definition) is 4. The fraction of sp³-hybridized carbons (Fsp3) is 0.821. The molecule has 184 valence electrons. The van der Waals surface area contributed by atoms with Gasteiger partial charge in [0.1, 0.15) is 11.9 Å². The van der Waals surface area contributed by atoms with Gasteiger partial charge in [-0.25, -0.2) is 0 Å². The topological polar surface area (TPSA) is 80.7 Å². The van der Waals surface area contributed by atoms with Gasteiger partial charge in [-0.2, -0.15) is 0 Å². The van der Waals surface area contributed by atoms with Crippen LogP contribution in [0, 0.1) is 34.5 Å². The maximum atomic E-state index is 12.3. The molecule has 0 amide bonds. The molecule has 0 aliphatic heterocycles. The van der Waals surface area contributed by atoms with Crippen LogP contribution < -0.4 is 0 Å². The van der Waals surface area contributed by atoms with Gasteiger partial charge in [0.05, 0.1) is 0 Å². The van der Waals surface area contributed by atoms with Crippen molar-refractivity contribution in [3.63, 3.8) is 0 Å². The minimum absolute atomic E-state index is 0.0187. The van der Waals surface area contributed by atoms with Crippen LogP contribution in [0.4, 0.5) is 0 Å². The first-order chi connectivity index (χ1) is 15.6. The monoisotopic (exact) mass is 458 g/mol. The highest BCUT2D eigenvalue weighted by molar-refractivity contribution is 5.79. The van der Waals surface area contributed by atoms with Gasteiger partial charge in [-0.1, -0.05) is 31.9 Å². The standard InChI is InChI=1S/C28H42O5/c1-18(29)22-11-12-23-21-10-9-19-17-20(33-26(32)8-6-4-5-7-25(30)31)13-15-27(19,2)24(21)14-16-28(22,23)3/h9,20-24H,4-8,10-17H2,1-3H3,(H,30,31)/t20-,21-,22+,23-,24-,27-,28+/m0/s1. The highest BCUT2D eigenvalue weighted by Gasteiger charge is 2.59. The van der Waals surface area contributed by atoms with Crippen molar-refractivity contribution in [1.29, 1.82) is 0 Å². The maximum absolute atomic E-state index is 12.3. The number of Topliss-reactive ketones (excluding diaryl/α,β-unsaturated/α-hetero) is 1. The highest BCUT2D eigenvalue weighted by atomic mass is 16.5. The molecule has 3 fully saturated rings. The molecule has 4 aliphatic rings. The zero-order chi connectivity index (χ0) is 23.8. The zero-order valence-electron chi connectivity index (χ0n) is 20.7. The Kier molecular flexibility index (Phi) is 7.08. The van der Waals surface area contributed by atoms with Crippen LogP contribution in [0.5, 0.6) is 0 Å². The lowest BCUT2D eigenvalue weighted by molar-refractivity contribution is -0.151. The van der Waals surface area contributed by atoms with E-state index < -0.39 is 5.97 Å². The number of allylic oxidation sites excluding steroid dienone is 1. The first kappa shape index (κ1) is 24.5. The molecule has 0 spiro atoms. The third kappa shape index (κ3) is 4.66. The van der Waals surface area contributed by atoms with E-state index in [1.165, 1.54) is 24.8 Å². The van der Waals surface area contributed by atoms with E-state index in [9.17, 15) is 14.4 Å². The van der Waals surface area contributed by atoms with Crippen molar-refractivity contribution in [2.45, 2.75) is 110 Å². The normalized spacial score (nSPS) is 39.6. The van der Waals surface area contributed by atoms with Gasteiger partial charge in [-0.3, -0.25) is 14.4 Å². The van der Waals surface area contributed by atoms with Crippen molar-refractivity contribution in [1.82, 2.24) is 0 Å². The Labute approximate surface area is 198 Å². The Morgan fingerprint density at radius 3 is 2.48 bits per heavy atom. The molecule has 0 bridgehead atoms. The average molecular weight is 459 g/mol. The van der Waals surface area contributed by atoms with E-state index in [2.05, 4.69) is 19.9 Å². The largest absolute Gasteiger partial charge is 0.481 e. The molecule has 0 aromatic heterocycles. The number of ketones is 1. The van der Waals surface area contributed by atoms with Crippen molar-refractivity contribution in [2.24, 2.45) is 34.5 Å². The second-order valence-corrected chi connectivity index (χ2v) is 11.9. The molecular formula is C28H42O5.